The highest BCUT2D eigenvalue weighted by molar-refractivity contribution is 7.71. The number of hydrogen-bond donors (Lipinski definition) is 1. The van der Waals surface area contributed by atoms with Crippen molar-refractivity contribution in [1.82, 2.24) is 9.55 Å². The fourth-order valence-corrected chi connectivity index (χ4v) is 2.52. The number of para-hydroxylation sites is 1. The van der Waals surface area contributed by atoms with E-state index in [0.29, 0.717) is 5.92 Å². The SMILES string of the molecule is CC(C)Oc1cccc2c1[nH]c(=S)n2CC(C)(C)C(C)C. The van der Waals surface area contributed by atoms with Crippen LogP contribution in [-0.2, 0) is 6.54 Å². The lowest BCUT2D eigenvalue weighted by atomic mass is 9.81. The largest absolute Gasteiger partial charge is 0.489 e. The summed E-state index contributed by atoms with van der Waals surface area (Å²) in [6.45, 7) is 14.0. The first-order chi connectivity index (χ1) is 9.72. The Morgan fingerprint density at radius 3 is 2.48 bits per heavy atom. The number of fused-ring (bicyclic) bond motifs is 1. The van der Waals surface area contributed by atoms with Gasteiger partial charge < -0.3 is 14.3 Å². The monoisotopic (exact) mass is 306 g/mol. The minimum atomic E-state index is 0.146. The second-order valence-electron chi connectivity index (χ2n) is 6.98. The number of hydrogen-bond acceptors (Lipinski definition) is 2. The quantitative estimate of drug-likeness (QED) is 0.772. The molecule has 0 unspecified atom stereocenters. The Kier molecular flexibility index (Phi) is 4.47. The molecule has 0 radical (unpaired) electrons. The first-order valence-electron chi connectivity index (χ1n) is 7.60. The van der Waals surface area contributed by atoms with Gasteiger partial charge in [0.1, 0.15) is 11.3 Å². The van der Waals surface area contributed by atoms with Crippen molar-refractivity contribution in [3.63, 3.8) is 0 Å². The van der Waals surface area contributed by atoms with E-state index in [4.69, 9.17) is 17.0 Å². The molecule has 0 aliphatic heterocycles. The molecule has 2 aromatic rings. The maximum Gasteiger partial charge on any atom is 0.178 e. The highest BCUT2D eigenvalue weighted by Gasteiger charge is 2.24. The van der Waals surface area contributed by atoms with Crippen molar-refractivity contribution in [2.75, 3.05) is 0 Å². The van der Waals surface area contributed by atoms with Crippen LogP contribution in [0.25, 0.3) is 11.0 Å². The summed E-state index contributed by atoms with van der Waals surface area (Å²) in [6, 6.07) is 6.12. The molecule has 1 aromatic heterocycles. The van der Waals surface area contributed by atoms with Crippen molar-refractivity contribution in [3.05, 3.63) is 23.0 Å². The van der Waals surface area contributed by atoms with E-state index in [2.05, 4.69) is 43.3 Å². The zero-order chi connectivity index (χ0) is 15.8. The van der Waals surface area contributed by atoms with Crippen molar-refractivity contribution < 1.29 is 4.74 Å². The number of imidazole rings is 1. The van der Waals surface area contributed by atoms with Gasteiger partial charge in [-0.15, -0.1) is 0 Å². The molecule has 0 atom stereocenters. The zero-order valence-electron chi connectivity index (χ0n) is 13.9. The van der Waals surface area contributed by atoms with E-state index >= 15 is 0 Å². The third-order valence-corrected chi connectivity index (χ3v) is 4.59. The molecule has 0 aliphatic rings. The first-order valence-corrected chi connectivity index (χ1v) is 8.01. The van der Waals surface area contributed by atoms with E-state index in [1.807, 2.05) is 26.0 Å². The normalized spacial score (nSPS) is 12.6. The number of nitrogens with one attached hydrogen (secondary N) is 1. The Morgan fingerprint density at radius 2 is 1.90 bits per heavy atom. The number of rotatable bonds is 5. The predicted molar refractivity (Wildman–Crippen MR) is 91.5 cm³/mol. The van der Waals surface area contributed by atoms with Crippen molar-refractivity contribution in [2.24, 2.45) is 11.3 Å². The molecule has 116 valence electrons. The molecule has 0 bridgehead atoms. The van der Waals surface area contributed by atoms with Crippen molar-refractivity contribution in [3.8, 4) is 5.75 Å². The van der Waals surface area contributed by atoms with Gasteiger partial charge in [0.2, 0.25) is 0 Å². The number of aromatic amines is 1. The zero-order valence-corrected chi connectivity index (χ0v) is 14.7. The molecule has 1 N–H and O–H groups in total. The van der Waals surface area contributed by atoms with Crippen LogP contribution in [0.4, 0.5) is 0 Å². The molecule has 0 spiro atoms. The molecular weight excluding hydrogens is 280 g/mol. The van der Waals surface area contributed by atoms with Crippen LogP contribution in [0.2, 0.25) is 0 Å². The summed E-state index contributed by atoms with van der Waals surface area (Å²) in [4.78, 5) is 3.32. The lowest BCUT2D eigenvalue weighted by molar-refractivity contribution is 0.211. The maximum atomic E-state index is 5.88. The average Bonchev–Trinajstić information content (AvgIpc) is 2.66. The summed E-state index contributed by atoms with van der Waals surface area (Å²) in [6.07, 6.45) is 0.146. The standard InChI is InChI=1S/C17H26N2OS/c1-11(2)17(5,6)10-19-13-8-7-9-14(20-12(3)4)15(13)18-16(19)21/h7-9,11-12H,10H2,1-6H3,(H,18,21). The lowest BCUT2D eigenvalue weighted by Crippen LogP contribution is -2.25. The van der Waals surface area contributed by atoms with E-state index in [0.717, 1.165) is 28.1 Å². The fraction of sp³-hybridized carbons (Fsp3) is 0.588. The van der Waals surface area contributed by atoms with Gasteiger partial charge in [0.05, 0.1) is 11.6 Å². The van der Waals surface area contributed by atoms with E-state index in [1.165, 1.54) is 0 Å². The molecule has 21 heavy (non-hydrogen) atoms. The average molecular weight is 306 g/mol. The Balaban J connectivity index is 2.51. The van der Waals surface area contributed by atoms with Crippen molar-refractivity contribution >= 4 is 23.3 Å². The van der Waals surface area contributed by atoms with Crippen LogP contribution >= 0.6 is 12.2 Å². The maximum absolute atomic E-state index is 5.88. The number of ether oxygens (including phenoxy) is 1. The Hall–Kier alpha value is -1.29. The molecule has 1 aromatic carbocycles. The third kappa shape index (κ3) is 3.31. The number of benzene rings is 1. The van der Waals surface area contributed by atoms with Gasteiger partial charge in [0.25, 0.3) is 0 Å². The topological polar surface area (TPSA) is 29.9 Å². The molecule has 0 saturated heterocycles. The summed E-state index contributed by atoms with van der Waals surface area (Å²) < 4.78 is 8.84. The molecule has 0 amide bonds. The van der Waals surface area contributed by atoms with Crippen LogP contribution < -0.4 is 4.74 Å². The Bertz CT molecular complexity index is 680. The van der Waals surface area contributed by atoms with Crippen LogP contribution in [0.3, 0.4) is 0 Å². The molecule has 4 heteroatoms. The summed E-state index contributed by atoms with van der Waals surface area (Å²) >= 11 is 5.53. The van der Waals surface area contributed by atoms with E-state index in [9.17, 15) is 0 Å². The van der Waals surface area contributed by atoms with Crippen LogP contribution in [0, 0.1) is 16.1 Å². The molecule has 3 nitrogen and oxygen atoms in total. The Labute approximate surface area is 132 Å². The number of aromatic nitrogens is 2. The van der Waals surface area contributed by atoms with Crippen LogP contribution in [0.1, 0.15) is 41.5 Å². The number of nitrogens with zero attached hydrogens (tertiary/aromatic N) is 1. The molecule has 0 aliphatic carbocycles. The molecule has 0 fully saturated rings. The molecular formula is C17H26N2OS. The second kappa shape index (κ2) is 5.84. The van der Waals surface area contributed by atoms with Crippen LogP contribution in [-0.4, -0.2) is 15.7 Å². The predicted octanol–water partition coefficient (Wildman–Crippen LogP) is 5.17. The van der Waals surface area contributed by atoms with Crippen molar-refractivity contribution in [1.29, 1.82) is 0 Å². The van der Waals surface area contributed by atoms with Crippen molar-refractivity contribution in [2.45, 2.75) is 54.2 Å². The lowest BCUT2D eigenvalue weighted by Gasteiger charge is -2.29. The highest BCUT2D eigenvalue weighted by Crippen LogP contribution is 2.32. The summed E-state index contributed by atoms with van der Waals surface area (Å²) in [5.41, 5.74) is 2.30. The van der Waals surface area contributed by atoms with Gasteiger partial charge in [-0.1, -0.05) is 33.8 Å². The number of H-pyrrole nitrogens is 1. The minimum Gasteiger partial charge on any atom is -0.489 e. The third-order valence-electron chi connectivity index (χ3n) is 4.26. The van der Waals surface area contributed by atoms with Gasteiger partial charge >= 0.3 is 0 Å². The fourth-order valence-electron chi connectivity index (χ4n) is 2.25. The Morgan fingerprint density at radius 1 is 1.24 bits per heavy atom. The van der Waals surface area contributed by atoms with Gasteiger partial charge in [-0.25, -0.2) is 0 Å². The highest BCUT2D eigenvalue weighted by atomic mass is 32.1. The van der Waals surface area contributed by atoms with Gasteiger partial charge in [-0.3, -0.25) is 0 Å². The van der Waals surface area contributed by atoms with E-state index < -0.39 is 0 Å². The van der Waals surface area contributed by atoms with E-state index in [-0.39, 0.29) is 11.5 Å². The molecule has 2 rings (SSSR count). The van der Waals surface area contributed by atoms with Gasteiger partial charge in [-0.2, -0.15) is 0 Å². The first kappa shape index (κ1) is 16.1. The van der Waals surface area contributed by atoms with E-state index in [1.54, 1.807) is 0 Å². The summed E-state index contributed by atoms with van der Waals surface area (Å²) in [5.74, 6) is 1.45. The van der Waals surface area contributed by atoms with Gasteiger partial charge in [-0.05, 0) is 49.5 Å². The molecule has 0 saturated carbocycles. The van der Waals surface area contributed by atoms with Crippen LogP contribution in [0.5, 0.6) is 5.75 Å². The smallest absolute Gasteiger partial charge is 0.178 e. The van der Waals surface area contributed by atoms with Gasteiger partial charge in [0, 0.05) is 6.54 Å². The molecule has 1 heterocycles. The summed E-state index contributed by atoms with van der Waals surface area (Å²) in [7, 11) is 0. The minimum absolute atomic E-state index is 0.146. The van der Waals surface area contributed by atoms with Gasteiger partial charge in [0.15, 0.2) is 4.77 Å². The second-order valence-corrected chi connectivity index (χ2v) is 7.36. The van der Waals surface area contributed by atoms with Crippen LogP contribution in [0.15, 0.2) is 18.2 Å². The summed E-state index contributed by atoms with van der Waals surface area (Å²) in [5, 5.41) is 0.